The average Bonchev–Trinajstić information content (AvgIpc) is 3.22. The lowest BCUT2D eigenvalue weighted by Gasteiger charge is -2.57. The summed E-state index contributed by atoms with van der Waals surface area (Å²) >= 11 is 0. The van der Waals surface area contributed by atoms with Gasteiger partial charge in [-0.2, -0.15) is 18.2 Å². The lowest BCUT2D eigenvalue weighted by molar-refractivity contribution is -0.390. The number of amides is 1. The number of carbonyl (C=O) groups excluding carboxylic acids is 1. The fourth-order valence-electron chi connectivity index (χ4n) is 7.49. The van der Waals surface area contributed by atoms with Crippen LogP contribution in [0.1, 0.15) is 83.6 Å². The molecule has 2 spiro atoms. The van der Waals surface area contributed by atoms with E-state index in [-0.39, 0.29) is 16.3 Å². The molecule has 1 heterocycles. The van der Waals surface area contributed by atoms with Crippen molar-refractivity contribution in [2.24, 2.45) is 35.3 Å². The Morgan fingerprint density at radius 3 is 2.10 bits per heavy atom. The summed E-state index contributed by atoms with van der Waals surface area (Å²) in [4.78, 5) is 24.2. The molecule has 39 heavy (non-hydrogen) atoms. The van der Waals surface area contributed by atoms with Crippen molar-refractivity contribution in [3.63, 3.8) is 0 Å². The number of aryl methyl sites for hydroxylation is 1. The highest BCUT2D eigenvalue weighted by Gasteiger charge is 2.66. The van der Waals surface area contributed by atoms with Crippen molar-refractivity contribution in [3.8, 4) is 0 Å². The van der Waals surface area contributed by atoms with Gasteiger partial charge < -0.3 is 15.8 Å². The van der Waals surface area contributed by atoms with Gasteiger partial charge in [-0.25, -0.2) is 0 Å². The van der Waals surface area contributed by atoms with Crippen molar-refractivity contribution in [1.82, 2.24) is 5.32 Å². The zero-order chi connectivity index (χ0) is 28.1. The first kappa shape index (κ1) is 29.0. The quantitative estimate of drug-likeness (QED) is 0.351. The van der Waals surface area contributed by atoms with Crippen molar-refractivity contribution in [2.75, 3.05) is 6.54 Å². The molecule has 0 unspecified atom stereocenters. The molecule has 0 aromatic heterocycles. The Balaban J connectivity index is 0.000000237. The normalized spacial score (nSPS) is 37.1. The Morgan fingerprint density at radius 2 is 1.59 bits per heavy atom. The molecule has 6 aliphatic rings. The molecule has 5 saturated carbocycles. The highest BCUT2D eigenvalue weighted by Crippen LogP contribution is 2.63. The SMILES string of the molecule is CC(C)(N)CNC(=O)CC1CCC2(CC1)OOC1(O2)C2CC3CC(C2)CC1C3.Cc1ccc(S(=O)(=O)O)cc1. The van der Waals surface area contributed by atoms with Gasteiger partial charge in [-0.3, -0.25) is 9.35 Å². The Kier molecular flexibility index (Phi) is 7.93. The zero-order valence-electron chi connectivity index (χ0n) is 23.4. The molecule has 1 aromatic carbocycles. The van der Waals surface area contributed by atoms with Crippen LogP contribution in [0.5, 0.6) is 0 Å². The molecule has 0 atom stereocenters. The average molecular weight is 565 g/mol. The summed E-state index contributed by atoms with van der Waals surface area (Å²) in [6, 6.07) is 5.99. The molecule has 4 bridgehead atoms. The van der Waals surface area contributed by atoms with Gasteiger partial charge in [0.25, 0.3) is 10.1 Å². The molecule has 1 aliphatic heterocycles. The predicted octanol–water partition coefficient (Wildman–Crippen LogP) is 4.49. The number of nitrogens with one attached hydrogen (secondary N) is 1. The molecule has 10 heteroatoms. The third kappa shape index (κ3) is 6.52. The van der Waals surface area contributed by atoms with Crippen LogP contribution in [0, 0.1) is 36.5 Å². The summed E-state index contributed by atoms with van der Waals surface area (Å²) in [5.74, 6) is 2.19. The van der Waals surface area contributed by atoms with Crippen molar-refractivity contribution in [3.05, 3.63) is 29.8 Å². The largest absolute Gasteiger partial charge is 0.354 e. The van der Waals surface area contributed by atoms with E-state index in [4.69, 9.17) is 24.8 Å². The molecule has 1 aromatic rings. The van der Waals surface area contributed by atoms with Gasteiger partial charge in [-0.15, -0.1) is 0 Å². The van der Waals surface area contributed by atoms with E-state index in [1.165, 1.54) is 44.2 Å². The molecule has 1 amide bonds. The van der Waals surface area contributed by atoms with Crippen molar-refractivity contribution in [1.29, 1.82) is 0 Å². The number of benzene rings is 1. The van der Waals surface area contributed by atoms with E-state index in [1.807, 2.05) is 20.8 Å². The van der Waals surface area contributed by atoms with Crippen LogP contribution in [0.15, 0.2) is 29.2 Å². The third-order valence-corrected chi connectivity index (χ3v) is 10.2. The lowest BCUT2D eigenvalue weighted by atomic mass is 9.53. The second kappa shape index (κ2) is 10.7. The summed E-state index contributed by atoms with van der Waals surface area (Å²) in [6.45, 7) is 6.20. The van der Waals surface area contributed by atoms with Gasteiger partial charge in [0.05, 0.1) is 4.90 Å². The number of hydrogen-bond acceptors (Lipinski definition) is 7. The van der Waals surface area contributed by atoms with E-state index in [1.54, 1.807) is 12.1 Å². The van der Waals surface area contributed by atoms with Crippen LogP contribution >= 0.6 is 0 Å². The van der Waals surface area contributed by atoms with E-state index in [2.05, 4.69) is 5.32 Å². The third-order valence-electron chi connectivity index (χ3n) is 9.35. The number of rotatable bonds is 5. The predicted molar refractivity (Wildman–Crippen MR) is 145 cm³/mol. The van der Waals surface area contributed by atoms with E-state index in [0.717, 1.165) is 43.1 Å². The molecule has 9 nitrogen and oxygen atoms in total. The van der Waals surface area contributed by atoms with Crippen LogP contribution in [0.3, 0.4) is 0 Å². The van der Waals surface area contributed by atoms with Crippen molar-refractivity contribution in [2.45, 2.75) is 107 Å². The second-order valence-corrected chi connectivity index (χ2v) is 14.8. The minimum Gasteiger partial charge on any atom is -0.354 e. The van der Waals surface area contributed by atoms with Crippen molar-refractivity contribution >= 4 is 16.0 Å². The van der Waals surface area contributed by atoms with Crippen LogP contribution < -0.4 is 11.1 Å². The minimum absolute atomic E-state index is 0.0666. The highest BCUT2D eigenvalue weighted by molar-refractivity contribution is 7.85. The lowest BCUT2D eigenvalue weighted by Crippen LogP contribution is -2.59. The second-order valence-electron chi connectivity index (χ2n) is 13.4. The van der Waals surface area contributed by atoms with Crippen LogP contribution in [-0.4, -0.2) is 42.5 Å². The van der Waals surface area contributed by atoms with Crippen LogP contribution in [0.2, 0.25) is 0 Å². The first-order chi connectivity index (χ1) is 18.3. The van der Waals surface area contributed by atoms with Gasteiger partial charge in [0.1, 0.15) is 0 Å². The summed E-state index contributed by atoms with van der Waals surface area (Å²) in [5, 5.41) is 2.96. The van der Waals surface area contributed by atoms with Crippen LogP contribution in [0.25, 0.3) is 0 Å². The van der Waals surface area contributed by atoms with E-state index >= 15 is 0 Å². The molecule has 7 rings (SSSR count). The highest BCUT2D eigenvalue weighted by atomic mass is 32.2. The summed E-state index contributed by atoms with van der Waals surface area (Å²) < 4.78 is 36.3. The molecule has 218 valence electrons. The smallest absolute Gasteiger partial charge is 0.294 e. The number of ether oxygens (including phenoxy) is 1. The Labute approximate surface area is 232 Å². The number of hydrogen-bond donors (Lipinski definition) is 3. The maximum Gasteiger partial charge on any atom is 0.294 e. The first-order valence-electron chi connectivity index (χ1n) is 14.4. The maximum absolute atomic E-state index is 12.2. The van der Waals surface area contributed by atoms with Gasteiger partial charge in [-0.05, 0) is 95.6 Å². The monoisotopic (exact) mass is 564 g/mol. The van der Waals surface area contributed by atoms with Crippen LogP contribution in [-0.2, 0) is 29.4 Å². The van der Waals surface area contributed by atoms with Gasteiger partial charge >= 0.3 is 0 Å². The van der Waals surface area contributed by atoms with E-state index in [9.17, 15) is 13.2 Å². The summed E-state index contributed by atoms with van der Waals surface area (Å²) in [5.41, 5.74) is 6.53. The molecule has 6 fully saturated rings. The fraction of sp³-hybridized carbons (Fsp3) is 0.759. The van der Waals surface area contributed by atoms with Crippen LogP contribution in [0.4, 0.5) is 0 Å². The Morgan fingerprint density at radius 1 is 1.03 bits per heavy atom. The van der Waals surface area contributed by atoms with E-state index in [0.29, 0.717) is 30.7 Å². The fourth-order valence-corrected chi connectivity index (χ4v) is 7.97. The maximum atomic E-state index is 12.2. The minimum atomic E-state index is -4.02. The molecule has 0 radical (unpaired) electrons. The van der Waals surface area contributed by atoms with Gasteiger partial charge in [0.2, 0.25) is 17.5 Å². The summed E-state index contributed by atoms with van der Waals surface area (Å²) in [7, 11) is -4.02. The van der Waals surface area contributed by atoms with E-state index < -0.39 is 21.7 Å². The molecular formula is C29H44N2O7S. The van der Waals surface area contributed by atoms with Gasteiger partial charge in [0.15, 0.2) is 0 Å². The zero-order valence-corrected chi connectivity index (χ0v) is 24.2. The van der Waals surface area contributed by atoms with Gasteiger partial charge in [0, 0.05) is 43.2 Å². The number of carbonyl (C=O) groups is 1. The Bertz CT molecular complexity index is 1110. The first-order valence-corrected chi connectivity index (χ1v) is 15.9. The number of nitrogens with two attached hydrogens (primary N) is 1. The topological polar surface area (TPSA) is 137 Å². The molecular weight excluding hydrogens is 520 g/mol. The Hall–Kier alpha value is -1.56. The molecule has 5 aliphatic carbocycles. The van der Waals surface area contributed by atoms with Gasteiger partial charge in [-0.1, -0.05) is 17.7 Å². The molecule has 1 saturated heterocycles. The van der Waals surface area contributed by atoms with Crippen molar-refractivity contribution < 1.29 is 32.3 Å². The summed E-state index contributed by atoms with van der Waals surface area (Å²) in [6.07, 6.45) is 10.5. The standard InChI is InChI=1S/C22H36N2O4.C7H8O3S/c1-20(2,23)13-24-19(25)12-14-3-5-21(6-4-14)26-22(28-27-21)17-8-15-7-16(10-17)11-18(22)9-15;1-6-2-4-7(5-3-6)11(8,9)10/h14-18H,3-13,23H2,1-2H3,(H,24,25);2-5H,1H3,(H,8,9,10). The molecule has 4 N–H and O–H groups in total.